The Labute approximate surface area is 135 Å². The van der Waals surface area contributed by atoms with E-state index in [0.717, 1.165) is 12.0 Å². The number of ether oxygens (including phenoxy) is 1. The minimum Gasteiger partial charge on any atom is -0.467 e. The number of likely N-dealkylation sites (N-methyl/N-ethyl adjacent to an activating group) is 1. The van der Waals surface area contributed by atoms with Crippen molar-refractivity contribution in [3.8, 4) is 0 Å². The zero-order valence-electron chi connectivity index (χ0n) is 13.5. The number of rotatable bonds is 6. The molecule has 0 radical (unpaired) electrons. The van der Waals surface area contributed by atoms with Gasteiger partial charge in [0.15, 0.2) is 5.54 Å². The predicted molar refractivity (Wildman–Crippen MR) is 84.8 cm³/mol. The number of carbonyl (C=O) groups excluding carboxylic acids is 3. The minimum absolute atomic E-state index is 0.317. The number of hydrogen-bond donors (Lipinski definition) is 1. The molecule has 2 rings (SSSR count). The van der Waals surface area contributed by atoms with E-state index in [4.69, 9.17) is 4.74 Å². The maximum Gasteiger partial charge on any atom is 0.328 e. The molecule has 1 heterocycles. The van der Waals surface area contributed by atoms with Gasteiger partial charge in [0.2, 0.25) is 5.91 Å². The van der Waals surface area contributed by atoms with Crippen molar-refractivity contribution in [3.05, 3.63) is 35.9 Å². The Kier molecular flexibility index (Phi) is 5.50. The van der Waals surface area contributed by atoms with Gasteiger partial charge in [-0.15, -0.1) is 0 Å². The van der Waals surface area contributed by atoms with Crippen LogP contribution >= 0.6 is 0 Å². The molecule has 1 saturated heterocycles. The zero-order chi connectivity index (χ0) is 16.9. The molecule has 0 aliphatic carbocycles. The summed E-state index contributed by atoms with van der Waals surface area (Å²) in [6.45, 7) is 0.674. The van der Waals surface area contributed by atoms with E-state index in [1.54, 1.807) is 11.9 Å². The van der Waals surface area contributed by atoms with Crippen LogP contribution in [0, 0.1) is 0 Å². The third-order valence-corrected chi connectivity index (χ3v) is 4.39. The van der Waals surface area contributed by atoms with Gasteiger partial charge in [-0.2, -0.15) is 0 Å². The summed E-state index contributed by atoms with van der Waals surface area (Å²) in [7, 11) is 3.02. The SMILES string of the molecule is COC(=O)[C@H](Cc1ccccc1)NC(=O)C1(C=O)CCCN1C. The molecular weight excluding hydrogens is 296 g/mol. The fourth-order valence-corrected chi connectivity index (χ4v) is 2.93. The highest BCUT2D eigenvalue weighted by atomic mass is 16.5. The molecule has 1 aromatic rings. The Morgan fingerprint density at radius 2 is 2.09 bits per heavy atom. The van der Waals surface area contributed by atoms with Crippen LogP contribution in [0.3, 0.4) is 0 Å². The first-order valence-corrected chi connectivity index (χ1v) is 7.64. The molecule has 1 amide bonds. The molecule has 1 aliphatic heterocycles. The molecule has 124 valence electrons. The number of hydrogen-bond acceptors (Lipinski definition) is 5. The van der Waals surface area contributed by atoms with Gasteiger partial charge in [-0.05, 0) is 32.0 Å². The number of aldehydes is 1. The first-order chi connectivity index (χ1) is 11.0. The van der Waals surface area contributed by atoms with Gasteiger partial charge in [-0.3, -0.25) is 9.69 Å². The van der Waals surface area contributed by atoms with Crippen LogP contribution in [0.25, 0.3) is 0 Å². The van der Waals surface area contributed by atoms with Crippen molar-refractivity contribution in [2.45, 2.75) is 30.8 Å². The Morgan fingerprint density at radius 3 is 2.61 bits per heavy atom. The number of amides is 1. The van der Waals surface area contributed by atoms with Crippen molar-refractivity contribution in [2.24, 2.45) is 0 Å². The third-order valence-electron chi connectivity index (χ3n) is 4.39. The van der Waals surface area contributed by atoms with Gasteiger partial charge < -0.3 is 14.8 Å². The smallest absolute Gasteiger partial charge is 0.328 e. The predicted octanol–water partition coefficient (Wildman–Crippen LogP) is 0.550. The lowest BCUT2D eigenvalue weighted by atomic mass is 9.96. The van der Waals surface area contributed by atoms with E-state index in [1.165, 1.54) is 7.11 Å². The van der Waals surface area contributed by atoms with Gasteiger partial charge in [0.05, 0.1) is 7.11 Å². The Morgan fingerprint density at radius 1 is 1.39 bits per heavy atom. The molecule has 1 unspecified atom stereocenters. The highest BCUT2D eigenvalue weighted by Crippen LogP contribution is 2.26. The number of nitrogens with zero attached hydrogens (tertiary/aromatic N) is 1. The van der Waals surface area contributed by atoms with E-state index in [9.17, 15) is 14.4 Å². The van der Waals surface area contributed by atoms with E-state index in [0.29, 0.717) is 25.7 Å². The molecule has 6 heteroatoms. The van der Waals surface area contributed by atoms with Gasteiger partial charge in [0.1, 0.15) is 12.3 Å². The lowest BCUT2D eigenvalue weighted by Gasteiger charge is -2.30. The fourth-order valence-electron chi connectivity index (χ4n) is 2.93. The van der Waals surface area contributed by atoms with Crippen molar-refractivity contribution in [3.63, 3.8) is 0 Å². The third kappa shape index (κ3) is 3.59. The van der Waals surface area contributed by atoms with Crippen LogP contribution < -0.4 is 5.32 Å². The molecule has 0 bridgehead atoms. The second-order valence-corrected chi connectivity index (χ2v) is 5.81. The highest BCUT2D eigenvalue weighted by molar-refractivity contribution is 6.03. The fraction of sp³-hybridized carbons (Fsp3) is 0.471. The molecule has 6 nitrogen and oxygen atoms in total. The monoisotopic (exact) mass is 318 g/mol. The molecule has 23 heavy (non-hydrogen) atoms. The zero-order valence-corrected chi connectivity index (χ0v) is 13.5. The molecule has 0 aromatic heterocycles. The van der Waals surface area contributed by atoms with Crippen molar-refractivity contribution in [1.82, 2.24) is 10.2 Å². The van der Waals surface area contributed by atoms with Gasteiger partial charge in [0, 0.05) is 6.42 Å². The van der Waals surface area contributed by atoms with Crippen LogP contribution in [-0.2, 0) is 25.5 Å². The molecule has 2 atom stereocenters. The standard InChI is InChI=1S/C17H22N2O4/c1-19-10-6-9-17(19,12-20)16(22)18-14(15(21)23-2)11-13-7-4-3-5-8-13/h3-5,7-8,12,14H,6,9-11H2,1-2H3,(H,18,22)/t14-,17?/m0/s1. The number of esters is 1. The average molecular weight is 318 g/mol. The Balaban J connectivity index is 2.15. The highest BCUT2D eigenvalue weighted by Gasteiger charge is 2.46. The van der Waals surface area contributed by atoms with Gasteiger partial charge in [-0.1, -0.05) is 30.3 Å². The van der Waals surface area contributed by atoms with Crippen LogP contribution in [0.1, 0.15) is 18.4 Å². The minimum atomic E-state index is -1.19. The molecule has 1 N–H and O–H groups in total. The lowest BCUT2D eigenvalue weighted by molar-refractivity contribution is -0.147. The first-order valence-electron chi connectivity index (χ1n) is 7.64. The number of methoxy groups -OCH3 is 1. The Bertz CT molecular complexity index is 575. The van der Waals surface area contributed by atoms with E-state index in [2.05, 4.69) is 5.32 Å². The Hall–Kier alpha value is -2.21. The normalized spacial score (nSPS) is 22.3. The largest absolute Gasteiger partial charge is 0.467 e. The van der Waals surface area contributed by atoms with Crippen molar-refractivity contribution in [2.75, 3.05) is 20.7 Å². The van der Waals surface area contributed by atoms with E-state index < -0.39 is 23.5 Å². The van der Waals surface area contributed by atoms with E-state index in [-0.39, 0.29) is 0 Å². The second-order valence-electron chi connectivity index (χ2n) is 5.81. The lowest BCUT2D eigenvalue weighted by Crippen LogP contribution is -2.59. The molecule has 1 aromatic carbocycles. The summed E-state index contributed by atoms with van der Waals surface area (Å²) in [6.07, 6.45) is 2.21. The summed E-state index contributed by atoms with van der Waals surface area (Å²) in [6, 6.07) is 8.54. The summed E-state index contributed by atoms with van der Waals surface area (Å²) in [5, 5.41) is 2.69. The number of benzene rings is 1. The summed E-state index contributed by atoms with van der Waals surface area (Å²) < 4.78 is 4.79. The van der Waals surface area contributed by atoms with Gasteiger partial charge >= 0.3 is 5.97 Å². The molecule has 1 fully saturated rings. The summed E-state index contributed by atoms with van der Waals surface area (Å²) in [5.41, 5.74) is -0.286. The first kappa shape index (κ1) is 17.1. The quantitative estimate of drug-likeness (QED) is 0.471. The molecular formula is C17H22N2O4. The van der Waals surface area contributed by atoms with Crippen molar-refractivity contribution < 1.29 is 19.1 Å². The van der Waals surface area contributed by atoms with Gasteiger partial charge in [0.25, 0.3) is 0 Å². The van der Waals surface area contributed by atoms with Crippen LogP contribution in [0.2, 0.25) is 0 Å². The average Bonchev–Trinajstić information content (AvgIpc) is 2.96. The van der Waals surface area contributed by atoms with Crippen LogP contribution in [-0.4, -0.2) is 55.3 Å². The summed E-state index contributed by atoms with van der Waals surface area (Å²) in [4.78, 5) is 37.9. The number of nitrogens with one attached hydrogen (secondary N) is 1. The number of carbonyl (C=O) groups is 3. The maximum absolute atomic E-state index is 12.6. The summed E-state index contributed by atoms with van der Waals surface area (Å²) >= 11 is 0. The maximum atomic E-state index is 12.6. The van der Waals surface area contributed by atoms with Gasteiger partial charge in [-0.25, -0.2) is 4.79 Å². The van der Waals surface area contributed by atoms with Crippen LogP contribution in [0.15, 0.2) is 30.3 Å². The topological polar surface area (TPSA) is 75.7 Å². The summed E-state index contributed by atoms with van der Waals surface area (Å²) in [5.74, 6) is -0.970. The van der Waals surface area contributed by atoms with E-state index in [1.807, 2.05) is 30.3 Å². The van der Waals surface area contributed by atoms with Crippen LogP contribution in [0.5, 0.6) is 0 Å². The molecule has 0 saturated carbocycles. The molecule has 0 spiro atoms. The molecule has 1 aliphatic rings. The van der Waals surface area contributed by atoms with E-state index >= 15 is 0 Å². The van der Waals surface area contributed by atoms with Crippen LogP contribution in [0.4, 0.5) is 0 Å². The number of likely N-dealkylation sites (tertiary alicyclic amines) is 1. The second kappa shape index (κ2) is 7.37. The van der Waals surface area contributed by atoms with Crippen molar-refractivity contribution >= 4 is 18.2 Å². The van der Waals surface area contributed by atoms with Crippen molar-refractivity contribution in [1.29, 1.82) is 0 Å².